The van der Waals surface area contributed by atoms with Gasteiger partial charge in [-0.25, -0.2) is 0 Å². The van der Waals surface area contributed by atoms with Crippen molar-refractivity contribution in [3.63, 3.8) is 0 Å². The Morgan fingerprint density at radius 3 is 2.40 bits per heavy atom. The molecule has 1 aromatic rings. The first kappa shape index (κ1) is 34.7. The van der Waals surface area contributed by atoms with Crippen LogP contribution in [0.15, 0.2) is 49.6 Å². The number of aliphatic hydroxyl groups excluding tert-OH is 1. The minimum absolute atomic E-state index is 0.0354. The third-order valence-electron chi connectivity index (χ3n) is 9.97. The molecule has 0 aliphatic carbocycles. The summed E-state index contributed by atoms with van der Waals surface area (Å²) in [6.07, 6.45) is 9.37. The van der Waals surface area contributed by atoms with Crippen molar-refractivity contribution >= 4 is 23.4 Å². The van der Waals surface area contributed by atoms with Gasteiger partial charge in [0.2, 0.25) is 17.7 Å². The van der Waals surface area contributed by atoms with E-state index in [1.807, 2.05) is 49.9 Å². The van der Waals surface area contributed by atoms with E-state index in [0.717, 1.165) is 25.7 Å². The maximum Gasteiger partial charge on any atom is 0.248 e. The average molecular weight is 624 g/mol. The van der Waals surface area contributed by atoms with Crippen LogP contribution in [0.3, 0.4) is 0 Å². The molecule has 1 spiro atoms. The molecular weight excluding hydrogens is 570 g/mol. The van der Waals surface area contributed by atoms with Crippen LogP contribution in [0.1, 0.15) is 79.1 Å². The van der Waals surface area contributed by atoms with Crippen LogP contribution < -0.4 is 9.64 Å². The number of likely N-dealkylation sites (tertiary alicyclic amines) is 1. The van der Waals surface area contributed by atoms with Gasteiger partial charge in [-0.3, -0.25) is 14.4 Å². The first-order valence-corrected chi connectivity index (χ1v) is 16.8. The number of fused-ring (bicyclic) bond motifs is 1. The fourth-order valence-corrected chi connectivity index (χ4v) is 7.93. The smallest absolute Gasteiger partial charge is 0.248 e. The van der Waals surface area contributed by atoms with Crippen molar-refractivity contribution in [2.45, 2.75) is 102 Å². The van der Waals surface area contributed by atoms with Crippen molar-refractivity contribution < 1.29 is 29.0 Å². The summed E-state index contributed by atoms with van der Waals surface area (Å²) in [6.45, 7) is 17.5. The zero-order valence-electron chi connectivity index (χ0n) is 27.7. The number of nitrogens with zero attached hydrogens (tertiary/aromatic N) is 3. The van der Waals surface area contributed by atoms with Crippen LogP contribution in [0.2, 0.25) is 0 Å². The van der Waals surface area contributed by atoms with Gasteiger partial charge in [-0.2, -0.15) is 0 Å². The molecule has 2 bridgehead atoms. The summed E-state index contributed by atoms with van der Waals surface area (Å²) >= 11 is 0. The Morgan fingerprint density at radius 2 is 1.78 bits per heavy atom. The maximum atomic E-state index is 14.6. The number of anilines is 1. The zero-order chi connectivity index (χ0) is 32.8. The number of ether oxygens (including phenoxy) is 2. The number of rotatable bonds is 18. The van der Waals surface area contributed by atoms with Gasteiger partial charge in [0.25, 0.3) is 0 Å². The predicted molar refractivity (Wildman–Crippen MR) is 176 cm³/mol. The van der Waals surface area contributed by atoms with Crippen molar-refractivity contribution in [3.8, 4) is 5.75 Å². The summed E-state index contributed by atoms with van der Waals surface area (Å²) in [6, 6.07) is 6.52. The largest absolute Gasteiger partial charge is 0.494 e. The van der Waals surface area contributed by atoms with Crippen molar-refractivity contribution in [3.05, 3.63) is 49.6 Å². The number of hydrogen-bond acceptors (Lipinski definition) is 6. The number of benzene rings is 1. The third kappa shape index (κ3) is 6.57. The normalized spacial score (nSPS) is 27.3. The van der Waals surface area contributed by atoms with E-state index in [2.05, 4.69) is 20.1 Å². The van der Waals surface area contributed by atoms with Gasteiger partial charge in [-0.05, 0) is 77.1 Å². The molecule has 0 saturated carbocycles. The minimum atomic E-state index is -1.08. The highest BCUT2D eigenvalue weighted by molar-refractivity contribution is 6.03. The van der Waals surface area contributed by atoms with E-state index in [4.69, 9.17) is 9.47 Å². The quantitative estimate of drug-likeness (QED) is 0.180. The topological polar surface area (TPSA) is 99.6 Å². The Hall–Kier alpha value is -3.17. The van der Waals surface area contributed by atoms with Crippen molar-refractivity contribution in [2.75, 3.05) is 37.7 Å². The minimum Gasteiger partial charge on any atom is -0.494 e. The third-order valence-corrected chi connectivity index (χ3v) is 9.97. The zero-order valence-corrected chi connectivity index (χ0v) is 27.7. The molecule has 6 atom stereocenters. The molecule has 1 N–H and O–H groups in total. The Morgan fingerprint density at radius 1 is 1.09 bits per heavy atom. The molecule has 0 radical (unpaired) electrons. The number of unbranched alkanes of at least 4 members (excludes halogenated alkanes) is 3. The van der Waals surface area contributed by atoms with Gasteiger partial charge in [-0.15, -0.1) is 13.2 Å². The Bertz CT molecular complexity index is 1220. The van der Waals surface area contributed by atoms with Gasteiger partial charge in [0.15, 0.2) is 0 Å². The fourth-order valence-electron chi connectivity index (χ4n) is 7.93. The second-order valence-electron chi connectivity index (χ2n) is 13.0. The molecule has 0 aromatic heterocycles. The molecule has 9 heteroatoms. The molecule has 248 valence electrons. The lowest BCUT2D eigenvalue weighted by molar-refractivity contribution is -0.152. The van der Waals surface area contributed by atoms with Gasteiger partial charge >= 0.3 is 0 Å². The van der Waals surface area contributed by atoms with Crippen LogP contribution in [0, 0.1) is 11.8 Å². The number of carbonyl (C=O) groups is 3. The molecule has 1 aromatic carbocycles. The van der Waals surface area contributed by atoms with Crippen molar-refractivity contribution in [1.82, 2.24) is 9.80 Å². The Kier molecular flexibility index (Phi) is 11.5. The lowest BCUT2D eigenvalue weighted by atomic mass is 9.66. The van der Waals surface area contributed by atoms with Crippen molar-refractivity contribution in [1.29, 1.82) is 0 Å². The lowest BCUT2D eigenvalue weighted by Crippen LogP contribution is -2.58. The van der Waals surface area contributed by atoms with Gasteiger partial charge in [0.1, 0.15) is 17.4 Å². The van der Waals surface area contributed by atoms with E-state index < -0.39 is 29.1 Å². The predicted octanol–water partition coefficient (Wildman–Crippen LogP) is 5.12. The molecule has 45 heavy (non-hydrogen) atoms. The molecule has 3 aliphatic rings. The van der Waals surface area contributed by atoms with E-state index in [9.17, 15) is 19.5 Å². The van der Waals surface area contributed by atoms with E-state index >= 15 is 0 Å². The fraction of sp³-hybridized carbons (Fsp3) is 0.639. The van der Waals surface area contributed by atoms with Crippen LogP contribution >= 0.6 is 0 Å². The van der Waals surface area contributed by atoms with E-state index in [0.29, 0.717) is 56.8 Å². The molecule has 3 aliphatic heterocycles. The van der Waals surface area contributed by atoms with Crippen LogP contribution in [0.5, 0.6) is 5.75 Å². The lowest BCUT2D eigenvalue weighted by Gasteiger charge is -2.39. The highest BCUT2D eigenvalue weighted by atomic mass is 16.5. The molecule has 3 fully saturated rings. The average Bonchev–Trinajstić information content (AvgIpc) is 3.59. The maximum absolute atomic E-state index is 14.6. The molecule has 3 amide bonds. The second-order valence-corrected chi connectivity index (χ2v) is 13.0. The molecule has 4 rings (SSSR count). The summed E-state index contributed by atoms with van der Waals surface area (Å²) in [5, 5.41) is 9.24. The summed E-state index contributed by atoms with van der Waals surface area (Å²) < 4.78 is 12.5. The molecule has 3 heterocycles. The highest BCUT2D eigenvalue weighted by Gasteiger charge is 2.78. The van der Waals surface area contributed by atoms with Gasteiger partial charge in [0, 0.05) is 38.0 Å². The van der Waals surface area contributed by atoms with Gasteiger partial charge in [-0.1, -0.05) is 38.3 Å². The van der Waals surface area contributed by atoms with E-state index in [1.54, 1.807) is 22.0 Å². The highest BCUT2D eigenvalue weighted by Crippen LogP contribution is 2.63. The molecule has 3 unspecified atom stereocenters. The summed E-state index contributed by atoms with van der Waals surface area (Å²) in [5.41, 5.74) is -1.28. The second kappa shape index (κ2) is 14.9. The van der Waals surface area contributed by atoms with Gasteiger partial charge in [0.05, 0.1) is 24.0 Å². The molecule has 9 nitrogen and oxygen atoms in total. The first-order valence-electron chi connectivity index (χ1n) is 16.8. The SMILES string of the molecule is C=CCN(C(=O)[C@@H]1[C@H]2C(=O)N(CCCCCCO)C(C(=O)N(CC=C)C(C)CCC)C23CC[C@@]1(C)O3)c1ccc(OCC)cc1. The summed E-state index contributed by atoms with van der Waals surface area (Å²) in [7, 11) is 0. The number of amides is 3. The van der Waals surface area contributed by atoms with Crippen LogP contribution in [-0.4, -0.2) is 88.8 Å². The number of aliphatic hydroxyl groups is 1. The first-order chi connectivity index (χ1) is 21.6. The van der Waals surface area contributed by atoms with Gasteiger partial charge < -0.3 is 29.3 Å². The standard InChI is InChI=1S/C36H53N3O6/c1-7-15-26(5)37(22-8-2)34(43)31-36-21-20-35(6,45-36)29(30(36)33(42)39(31)24-13-11-12-14-25-40)32(41)38(23-9-3)27-16-18-28(19-17-27)44-10-4/h8-9,16-19,26,29-31,40H,2-3,7,10-15,20-25H2,1,4-6H3/t26?,29-,30-,31?,35+,36?/m0/s1. The van der Waals surface area contributed by atoms with E-state index in [1.165, 1.54) is 0 Å². The van der Waals surface area contributed by atoms with E-state index in [-0.39, 0.29) is 36.9 Å². The Balaban J connectivity index is 1.73. The monoisotopic (exact) mass is 623 g/mol. The molecular formula is C36H53N3O6. The number of hydrogen-bond donors (Lipinski definition) is 1. The number of carbonyl (C=O) groups excluding carboxylic acids is 3. The summed E-state index contributed by atoms with van der Waals surface area (Å²) in [4.78, 5) is 49.1. The van der Waals surface area contributed by atoms with Crippen molar-refractivity contribution in [2.24, 2.45) is 11.8 Å². The van der Waals surface area contributed by atoms with Crippen LogP contribution in [0.4, 0.5) is 5.69 Å². The van der Waals surface area contributed by atoms with Crippen LogP contribution in [-0.2, 0) is 19.1 Å². The molecule has 3 saturated heterocycles. The summed E-state index contributed by atoms with van der Waals surface area (Å²) in [5.74, 6) is -1.30. The van der Waals surface area contributed by atoms with Crippen LogP contribution in [0.25, 0.3) is 0 Å². The Labute approximate surface area is 269 Å².